The van der Waals surface area contributed by atoms with Crippen LogP contribution in [-0.4, -0.2) is 29.9 Å². The maximum absolute atomic E-state index is 15.0. The molecule has 1 spiro atoms. The first-order valence-electron chi connectivity index (χ1n) is 13.2. The van der Waals surface area contributed by atoms with Crippen LogP contribution < -0.4 is 15.2 Å². The van der Waals surface area contributed by atoms with Crippen molar-refractivity contribution in [2.75, 3.05) is 16.9 Å². The minimum absolute atomic E-state index is 0.0671. The highest BCUT2D eigenvalue weighted by Gasteiger charge is 2.66. The van der Waals surface area contributed by atoms with E-state index in [0.717, 1.165) is 22.5 Å². The van der Waals surface area contributed by atoms with E-state index in [-0.39, 0.29) is 38.8 Å². The van der Waals surface area contributed by atoms with Crippen LogP contribution in [0.1, 0.15) is 48.2 Å². The summed E-state index contributed by atoms with van der Waals surface area (Å²) in [4.78, 5) is 63.7. The van der Waals surface area contributed by atoms with Crippen LogP contribution in [0.5, 0.6) is 0 Å². The van der Waals surface area contributed by atoms with E-state index in [1.807, 2.05) is 31.2 Å². The Bertz CT molecular complexity index is 2030. The monoisotopic (exact) mass is 577 g/mol. The van der Waals surface area contributed by atoms with Crippen molar-refractivity contribution < 1.29 is 23.5 Å². The van der Waals surface area contributed by atoms with E-state index in [2.05, 4.69) is 4.98 Å². The molecule has 2 aliphatic heterocycles. The number of nitrogens with zero attached hydrogens (tertiary/aromatic N) is 3. The predicted octanol–water partition coefficient (Wildman–Crippen LogP) is 5.10. The van der Waals surface area contributed by atoms with E-state index >= 15 is 0 Å². The Hall–Kier alpha value is -5.09. The second-order valence-electron chi connectivity index (χ2n) is 10.3. The molecule has 0 saturated heterocycles. The number of hydrogen-bond acceptors (Lipinski definition) is 8. The number of hydrogen-bond donors (Lipinski definition) is 0. The normalized spacial score (nSPS) is 17.3. The fraction of sp³-hybridized carbons (Fsp3) is 0.156. The number of aromatic nitrogens is 1. The lowest BCUT2D eigenvalue weighted by Gasteiger charge is -2.32. The van der Waals surface area contributed by atoms with Crippen LogP contribution in [0, 0.1) is 13.8 Å². The van der Waals surface area contributed by atoms with Crippen LogP contribution in [-0.2, 0) is 21.6 Å². The third-order valence-electron chi connectivity index (χ3n) is 7.84. The van der Waals surface area contributed by atoms with Gasteiger partial charge >= 0.3 is 5.97 Å². The Kier molecular flexibility index (Phi) is 5.67. The third-order valence-corrected chi connectivity index (χ3v) is 8.96. The van der Waals surface area contributed by atoms with Crippen LogP contribution in [0.3, 0.4) is 0 Å². The number of para-hydroxylation sites is 2. The van der Waals surface area contributed by atoms with Gasteiger partial charge in [0.15, 0.2) is 16.1 Å². The number of carbonyl (C=O) groups excluding carboxylic acids is 3. The second kappa shape index (κ2) is 9.22. The lowest BCUT2D eigenvalue weighted by Crippen LogP contribution is -2.53. The summed E-state index contributed by atoms with van der Waals surface area (Å²) in [6.45, 7) is 3.81. The molecule has 0 radical (unpaired) electrons. The van der Waals surface area contributed by atoms with Crippen LogP contribution in [0.4, 0.5) is 10.8 Å². The standard InChI is InChI=1S/C32H23N3O6S/c1-17-12-14-19(15-13-17)16-34-22-10-6-5-9-21(22)32(30(34)39)24-25(36)20-8-4-7-11-23(20)41-26(24)28(37)35(32)31-33-18(2)27(42-31)29(38)40-3/h4-15H,16H2,1-3H3. The van der Waals surface area contributed by atoms with Crippen LogP contribution in [0.15, 0.2) is 82.0 Å². The number of methoxy groups -OCH3 is 1. The van der Waals surface area contributed by atoms with Crippen LogP contribution in [0.2, 0.25) is 0 Å². The molecule has 42 heavy (non-hydrogen) atoms. The van der Waals surface area contributed by atoms with Crippen LogP contribution >= 0.6 is 11.3 Å². The average Bonchev–Trinajstić information content (AvgIpc) is 3.59. The third kappa shape index (κ3) is 3.38. The molecule has 1 atom stereocenters. The Balaban J connectivity index is 1.54. The maximum atomic E-state index is 15.0. The molecule has 0 fully saturated rings. The van der Waals surface area contributed by atoms with Gasteiger partial charge in [0.05, 0.1) is 36.0 Å². The zero-order chi connectivity index (χ0) is 29.3. The molecule has 0 bridgehead atoms. The minimum atomic E-state index is -1.91. The molecular weight excluding hydrogens is 554 g/mol. The summed E-state index contributed by atoms with van der Waals surface area (Å²) in [5.41, 5.74) is 1.07. The molecule has 0 N–H and O–H groups in total. The van der Waals surface area contributed by atoms with Gasteiger partial charge in [0.2, 0.25) is 5.76 Å². The lowest BCUT2D eigenvalue weighted by atomic mass is 9.84. The van der Waals surface area contributed by atoms with E-state index in [0.29, 0.717) is 16.9 Å². The second-order valence-corrected chi connectivity index (χ2v) is 11.3. The molecule has 10 heteroatoms. The predicted molar refractivity (Wildman–Crippen MR) is 157 cm³/mol. The average molecular weight is 578 g/mol. The smallest absolute Gasteiger partial charge is 0.350 e. The van der Waals surface area contributed by atoms with Gasteiger partial charge in [-0.05, 0) is 37.6 Å². The zero-order valence-electron chi connectivity index (χ0n) is 22.8. The number of ether oxygens (including phenoxy) is 1. The first kappa shape index (κ1) is 25.8. The molecule has 2 amide bonds. The molecule has 7 rings (SSSR count). The van der Waals surface area contributed by atoms with Gasteiger partial charge in [-0.25, -0.2) is 9.78 Å². The first-order chi connectivity index (χ1) is 20.3. The van der Waals surface area contributed by atoms with Crippen molar-refractivity contribution in [3.63, 3.8) is 0 Å². The van der Waals surface area contributed by atoms with Gasteiger partial charge in [-0.15, -0.1) is 0 Å². The Morgan fingerprint density at radius 3 is 2.45 bits per heavy atom. The van der Waals surface area contributed by atoms with Crippen molar-refractivity contribution >= 4 is 50.9 Å². The number of benzene rings is 3. The summed E-state index contributed by atoms with van der Waals surface area (Å²) in [7, 11) is 1.26. The summed E-state index contributed by atoms with van der Waals surface area (Å²) >= 11 is 0.923. The molecule has 2 aromatic heterocycles. The van der Waals surface area contributed by atoms with Crippen molar-refractivity contribution in [2.24, 2.45) is 0 Å². The fourth-order valence-electron chi connectivity index (χ4n) is 5.90. The Morgan fingerprint density at radius 1 is 0.976 bits per heavy atom. The zero-order valence-corrected chi connectivity index (χ0v) is 23.7. The van der Waals surface area contributed by atoms with E-state index in [4.69, 9.17) is 9.15 Å². The van der Waals surface area contributed by atoms with E-state index in [9.17, 15) is 19.2 Å². The SMILES string of the molecule is COC(=O)c1sc(N2C(=O)c3oc4ccccc4c(=O)c3C23C(=O)N(Cc2ccc(C)cc2)c2ccccc23)nc1C. The number of carbonyl (C=O) groups is 3. The van der Waals surface area contributed by atoms with Gasteiger partial charge in [0.25, 0.3) is 11.8 Å². The molecule has 2 aliphatic rings. The van der Waals surface area contributed by atoms with Crippen molar-refractivity contribution in [1.29, 1.82) is 0 Å². The molecule has 4 heterocycles. The number of anilines is 2. The van der Waals surface area contributed by atoms with Crippen molar-refractivity contribution in [3.05, 3.63) is 122 Å². The van der Waals surface area contributed by atoms with E-state index < -0.39 is 28.8 Å². The number of aryl methyl sites for hydroxylation is 2. The highest BCUT2D eigenvalue weighted by atomic mass is 32.1. The number of thiazole rings is 1. The Morgan fingerprint density at radius 2 is 1.69 bits per heavy atom. The number of esters is 1. The van der Waals surface area contributed by atoms with Gasteiger partial charge < -0.3 is 14.1 Å². The van der Waals surface area contributed by atoms with Gasteiger partial charge in [0, 0.05) is 5.56 Å². The topological polar surface area (TPSA) is 110 Å². The molecule has 3 aromatic carbocycles. The van der Waals surface area contributed by atoms with Crippen molar-refractivity contribution in [3.8, 4) is 0 Å². The minimum Gasteiger partial charge on any atom is -0.465 e. The van der Waals surface area contributed by atoms with Gasteiger partial charge in [-0.1, -0.05) is 71.5 Å². The summed E-state index contributed by atoms with van der Waals surface area (Å²) < 4.78 is 11.0. The molecule has 5 aromatic rings. The molecule has 208 valence electrons. The van der Waals surface area contributed by atoms with E-state index in [1.54, 1.807) is 60.4 Å². The molecule has 9 nitrogen and oxygen atoms in total. The highest BCUT2D eigenvalue weighted by Crippen LogP contribution is 2.55. The molecule has 0 saturated carbocycles. The molecule has 0 aliphatic carbocycles. The number of fused-ring (bicyclic) bond motifs is 5. The quantitative estimate of drug-likeness (QED) is 0.273. The first-order valence-corrected chi connectivity index (χ1v) is 14.0. The van der Waals surface area contributed by atoms with E-state index in [1.165, 1.54) is 12.0 Å². The van der Waals surface area contributed by atoms with Gasteiger partial charge in [-0.3, -0.25) is 19.3 Å². The summed E-state index contributed by atoms with van der Waals surface area (Å²) in [5.74, 6) is -2.04. The largest absolute Gasteiger partial charge is 0.465 e. The number of amides is 2. The Labute approximate surface area is 243 Å². The highest BCUT2D eigenvalue weighted by molar-refractivity contribution is 7.17. The maximum Gasteiger partial charge on any atom is 0.350 e. The molecule has 1 unspecified atom stereocenters. The van der Waals surface area contributed by atoms with Gasteiger partial charge in [0.1, 0.15) is 10.5 Å². The summed E-state index contributed by atoms with van der Waals surface area (Å²) in [5, 5.41) is 0.325. The van der Waals surface area contributed by atoms with Crippen molar-refractivity contribution in [2.45, 2.75) is 25.9 Å². The lowest BCUT2D eigenvalue weighted by molar-refractivity contribution is -0.121. The molecular formula is C32H23N3O6S. The summed E-state index contributed by atoms with van der Waals surface area (Å²) in [6, 6.07) is 21.5. The van der Waals surface area contributed by atoms with Crippen LogP contribution in [0.25, 0.3) is 11.0 Å². The summed E-state index contributed by atoms with van der Waals surface area (Å²) in [6.07, 6.45) is 0. The fourth-order valence-corrected chi connectivity index (χ4v) is 6.94. The number of rotatable bonds is 4. The van der Waals surface area contributed by atoms with Crippen molar-refractivity contribution in [1.82, 2.24) is 4.98 Å². The van der Waals surface area contributed by atoms with Gasteiger partial charge in [-0.2, -0.15) is 0 Å².